The SMILES string of the molecule is CC1CN(C2CCCC2)c2nc(NCc3ccccn3)ncc21. The molecule has 1 unspecified atom stereocenters. The van der Waals surface area contributed by atoms with E-state index >= 15 is 0 Å². The van der Waals surface area contributed by atoms with Gasteiger partial charge in [0, 0.05) is 36.5 Å². The van der Waals surface area contributed by atoms with E-state index in [0.29, 0.717) is 24.5 Å². The molecular weight excluding hydrogens is 286 g/mol. The number of nitrogens with one attached hydrogen (secondary N) is 1. The summed E-state index contributed by atoms with van der Waals surface area (Å²) in [6, 6.07) is 6.60. The lowest BCUT2D eigenvalue weighted by molar-refractivity contribution is 0.600. The summed E-state index contributed by atoms with van der Waals surface area (Å²) >= 11 is 0. The highest BCUT2D eigenvalue weighted by Crippen LogP contribution is 2.39. The van der Waals surface area contributed by atoms with Gasteiger partial charge in [-0.3, -0.25) is 4.98 Å². The summed E-state index contributed by atoms with van der Waals surface area (Å²) in [6.45, 7) is 4.01. The van der Waals surface area contributed by atoms with Crippen LogP contribution in [0.5, 0.6) is 0 Å². The van der Waals surface area contributed by atoms with Crippen molar-refractivity contribution in [3.8, 4) is 0 Å². The summed E-state index contributed by atoms with van der Waals surface area (Å²) in [5, 5.41) is 3.31. The number of fused-ring (bicyclic) bond motifs is 1. The smallest absolute Gasteiger partial charge is 0.224 e. The minimum Gasteiger partial charge on any atom is -0.353 e. The van der Waals surface area contributed by atoms with Crippen LogP contribution in [0.15, 0.2) is 30.6 Å². The van der Waals surface area contributed by atoms with Gasteiger partial charge >= 0.3 is 0 Å². The highest BCUT2D eigenvalue weighted by Gasteiger charge is 2.33. The number of aromatic nitrogens is 3. The summed E-state index contributed by atoms with van der Waals surface area (Å²) in [5.74, 6) is 2.37. The zero-order valence-corrected chi connectivity index (χ0v) is 13.6. The molecule has 2 aromatic rings. The fourth-order valence-corrected chi connectivity index (χ4v) is 3.74. The van der Waals surface area contributed by atoms with Crippen LogP contribution in [0, 0.1) is 0 Å². The number of rotatable bonds is 4. The van der Waals surface area contributed by atoms with Gasteiger partial charge in [0.2, 0.25) is 5.95 Å². The molecule has 1 atom stereocenters. The normalized spacial score (nSPS) is 20.7. The lowest BCUT2D eigenvalue weighted by atomic mass is 10.1. The van der Waals surface area contributed by atoms with E-state index in [9.17, 15) is 0 Å². The number of anilines is 2. The summed E-state index contributed by atoms with van der Waals surface area (Å²) in [6.07, 6.45) is 9.11. The molecule has 1 saturated carbocycles. The Morgan fingerprint density at radius 1 is 1.22 bits per heavy atom. The Hall–Kier alpha value is -2.17. The van der Waals surface area contributed by atoms with Gasteiger partial charge in [-0.25, -0.2) is 4.98 Å². The third kappa shape index (κ3) is 2.87. The van der Waals surface area contributed by atoms with Crippen molar-refractivity contribution >= 4 is 11.8 Å². The average Bonchev–Trinajstić information content (AvgIpc) is 3.22. The Kier molecular flexibility index (Phi) is 3.85. The van der Waals surface area contributed by atoms with Crippen molar-refractivity contribution in [2.24, 2.45) is 0 Å². The van der Waals surface area contributed by atoms with Gasteiger partial charge in [-0.2, -0.15) is 4.98 Å². The van der Waals surface area contributed by atoms with E-state index in [1.165, 1.54) is 31.2 Å². The summed E-state index contributed by atoms with van der Waals surface area (Å²) < 4.78 is 0. The average molecular weight is 309 g/mol. The van der Waals surface area contributed by atoms with Gasteiger partial charge < -0.3 is 10.2 Å². The molecule has 5 heteroatoms. The van der Waals surface area contributed by atoms with Crippen LogP contribution >= 0.6 is 0 Å². The molecule has 2 aliphatic rings. The standard InChI is InChI=1S/C18H23N5/c1-13-12-23(15-7-2-3-8-15)17-16(13)11-21-18(22-17)20-10-14-6-4-5-9-19-14/h4-6,9,11,13,15H,2-3,7-8,10,12H2,1H3,(H,20,21,22). The zero-order chi connectivity index (χ0) is 15.6. The molecule has 3 heterocycles. The van der Waals surface area contributed by atoms with Gasteiger partial charge in [0.15, 0.2) is 0 Å². The Morgan fingerprint density at radius 2 is 2.09 bits per heavy atom. The van der Waals surface area contributed by atoms with Crippen molar-refractivity contribution in [2.75, 3.05) is 16.8 Å². The molecule has 23 heavy (non-hydrogen) atoms. The van der Waals surface area contributed by atoms with Crippen LogP contribution in [0.4, 0.5) is 11.8 Å². The fraction of sp³-hybridized carbons (Fsp3) is 0.500. The first-order valence-corrected chi connectivity index (χ1v) is 8.58. The Bertz CT molecular complexity index is 666. The minimum atomic E-state index is 0.524. The van der Waals surface area contributed by atoms with Crippen LogP contribution in [0.3, 0.4) is 0 Å². The Morgan fingerprint density at radius 3 is 2.87 bits per heavy atom. The Labute approximate surface area is 137 Å². The largest absolute Gasteiger partial charge is 0.353 e. The van der Waals surface area contributed by atoms with Gasteiger partial charge in [-0.15, -0.1) is 0 Å². The maximum atomic E-state index is 4.82. The molecule has 0 saturated heterocycles. The van der Waals surface area contributed by atoms with Gasteiger partial charge in [-0.05, 0) is 25.0 Å². The molecular formula is C18H23N5. The third-order valence-corrected chi connectivity index (χ3v) is 4.99. The van der Waals surface area contributed by atoms with Crippen LogP contribution in [0.1, 0.15) is 49.8 Å². The molecule has 0 bridgehead atoms. The molecule has 5 nitrogen and oxygen atoms in total. The number of nitrogens with zero attached hydrogens (tertiary/aromatic N) is 4. The lowest BCUT2D eigenvalue weighted by Crippen LogP contribution is -2.32. The highest BCUT2D eigenvalue weighted by atomic mass is 15.3. The topological polar surface area (TPSA) is 53.9 Å². The molecule has 1 N–H and O–H groups in total. The van der Waals surface area contributed by atoms with E-state index in [1.807, 2.05) is 30.6 Å². The van der Waals surface area contributed by atoms with Gasteiger partial charge in [0.05, 0.1) is 12.2 Å². The molecule has 1 fully saturated rings. The molecule has 1 aliphatic heterocycles. The quantitative estimate of drug-likeness (QED) is 0.938. The van der Waals surface area contributed by atoms with Crippen molar-refractivity contribution < 1.29 is 0 Å². The number of hydrogen-bond acceptors (Lipinski definition) is 5. The van der Waals surface area contributed by atoms with Crippen LogP contribution in [-0.2, 0) is 6.54 Å². The second-order valence-corrected chi connectivity index (χ2v) is 6.64. The lowest BCUT2D eigenvalue weighted by Gasteiger charge is -2.26. The van der Waals surface area contributed by atoms with E-state index in [2.05, 4.69) is 27.1 Å². The maximum Gasteiger partial charge on any atom is 0.224 e. The van der Waals surface area contributed by atoms with Crippen LogP contribution in [-0.4, -0.2) is 27.5 Å². The summed E-state index contributed by atoms with van der Waals surface area (Å²) in [7, 11) is 0. The number of pyridine rings is 1. The number of hydrogen-bond donors (Lipinski definition) is 1. The monoisotopic (exact) mass is 309 g/mol. The van der Waals surface area contributed by atoms with Gasteiger partial charge in [0.25, 0.3) is 0 Å². The summed E-state index contributed by atoms with van der Waals surface area (Å²) in [4.78, 5) is 16.2. The van der Waals surface area contributed by atoms with E-state index in [0.717, 1.165) is 18.1 Å². The molecule has 0 spiro atoms. The van der Waals surface area contributed by atoms with Crippen molar-refractivity contribution in [2.45, 2.75) is 51.1 Å². The predicted molar refractivity (Wildman–Crippen MR) is 91.6 cm³/mol. The third-order valence-electron chi connectivity index (χ3n) is 4.99. The molecule has 120 valence electrons. The zero-order valence-electron chi connectivity index (χ0n) is 13.6. The maximum absolute atomic E-state index is 4.82. The molecule has 4 rings (SSSR count). The highest BCUT2D eigenvalue weighted by molar-refractivity contribution is 5.57. The first-order valence-electron chi connectivity index (χ1n) is 8.58. The first-order chi connectivity index (χ1) is 11.3. The van der Waals surface area contributed by atoms with E-state index in [4.69, 9.17) is 4.98 Å². The van der Waals surface area contributed by atoms with Crippen LogP contribution < -0.4 is 10.2 Å². The van der Waals surface area contributed by atoms with Crippen molar-refractivity contribution in [1.29, 1.82) is 0 Å². The van der Waals surface area contributed by atoms with Crippen molar-refractivity contribution in [3.63, 3.8) is 0 Å². The predicted octanol–water partition coefficient (Wildman–Crippen LogP) is 3.35. The van der Waals surface area contributed by atoms with E-state index in [1.54, 1.807) is 0 Å². The van der Waals surface area contributed by atoms with Crippen LogP contribution in [0.2, 0.25) is 0 Å². The minimum absolute atomic E-state index is 0.524. The van der Waals surface area contributed by atoms with Gasteiger partial charge in [0.1, 0.15) is 5.82 Å². The first kappa shape index (κ1) is 14.4. The summed E-state index contributed by atoms with van der Waals surface area (Å²) in [5.41, 5.74) is 2.29. The molecule has 0 radical (unpaired) electrons. The molecule has 0 amide bonds. The molecule has 1 aliphatic carbocycles. The fourth-order valence-electron chi connectivity index (χ4n) is 3.74. The van der Waals surface area contributed by atoms with Gasteiger partial charge in [-0.1, -0.05) is 25.8 Å². The molecule has 2 aromatic heterocycles. The molecule has 0 aromatic carbocycles. The van der Waals surface area contributed by atoms with E-state index < -0.39 is 0 Å². The van der Waals surface area contributed by atoms with Crippen molar-refractivity contribution in [1.82, 2.24) is 15.0 Å². The Balaban J connectivity index is 1.53. The second-order valence-electron chi connectivity index (χ2n) is 6.64. The second kappa shape index (κ2) is 6.14. The van der Waals surface area contributed by atoms with Crippen molar-refractivity contribution in [3.05, 3.63) is 41.9 Å². The van der Waals surface area contributed by atoms with Crippen LogP contribution in [0.25, 0.3) is 0 Å². The van der Waals surface area contributed by atoms with E-state index in [-0.39, 0.29) is 0 Å².